The standard InChI is InChI=1S/C30H39N3O3S/c1-4-13-33(14-5-2)30(36)25-17-22(3)16-24(18-25)29(35)32-27(19-26-12-9-15-37-26)28(34)21-31-20-23-10-7-6-8-11-23/h6-12,15-18,27-28,31,34H,4-5,13-14,19-21H2,1-3H3,(H,32,35)/t27-,28+/m0/s1. The molecule has 2 aromatic carbocycles. The zero-order valence-corrected chi connectivity index (χ0v) is 22.9. The minimum absolute atomic E-state index is 0.0540. The van der Waals surface area contributed by atoms with Gasteiger partial charge in [-0.25, -0.2) is 0 Å². The first-order valence-corrected chi connectivity index (χ1v) is 14.0. The third-order valence-corrected chi connectivity index (χ3v) is 7.07. The number of aliphatic hydroxyl groups excluding tert-OH is 1. The van der Waals surface area contributed by atoms with E-state index in [1.54, 1.807) is 23.5 Å². The van der Waals surface area contributed by atoms with Crippen molar-refractivity contribution >= 4 is 23.2 Å². The zero-order valence-electron chi connectivity index (χ0n) is 22.1. The van der Waals surface area contributed by atoms with Crippen LogP contribution in [-0.4, -0.2) is 53.6 Å². The predicted molar refractivity (Wildman–Crippen MR) is 151 cm³/mol. The van der Waals surface area contributed by atoms with Gasteiger partial charge in [0.05, 0.1) is 12.1 Å². The van der Waals surface area contributed by atoms with E-state index >= 15 is 0 Å². The smallest absolute Gasteiger partial charge is 0.253 e. The van der Waals surface area contributed by atoms with Gasteiger partial charge in [-0.15, -0.1) is 11.3 Å². The van der Waals surface area contributed by atoms with Crippen LogP contribution in [0.25, 0.3) is 0 Å². The van der Waals surface area contributed by atoms with Crippen LogP contribution < -0.4 is 10.6 Å². The Labute approximate surface area is 224 Å². The fraction of sp³-hybridized carbons (Fsp3) is 0.400. The maximum Gasteiger partial charge on any atom is 0.253 e. The molecule has 1 heterocycles. The largest absolute Gasteiger partial charge is 0.390 e. The van der Waals surface area contributed by atoms with Crippen molar-refractivity contribution in [2.45, 2.75) is 58.7 Å². The second-order valence-electron chi connectivity index (χ2n) is 9.43. The molecule has 198 valence electrons. The highest BCUT2D eigenvalue weighted by Crippen LogP contribution is 2.16. The SMILES string of the molecule is CCCN(CCC)C(=O)c1cc(C)cc(C(=O)N[C@@H](Cc2cccs2)[C@H](O)CNCc2ccccc2)c1. The number of hydrogen-bond donors (Lipinski definition) is 3. The second-order valence-corrected chi connectivity index (χ2v) is 10.5. The number of benzene rings is 2. The summed E-state index contributed by atoms with van der Waals surface area (Å²) in [7, 11) is 0. The number of aryl methyl sites for hydroxylation is 1. The summed E-state index contributed by atoms with van der Waals surface area (Å²) in [4.78, 5) is 29.5. The van der Waals surface area contributed by atoms with E-state index < -0.39 is 12.1 Å². The maximum atomic E-state index is 13.4. The fourth-order valence-corrected chi connectivity index (χ4v) is 5.12. The lowest BCUT2D eigenvalue weighted by Gasteiger charge is -2.25. The van der Waals surface area contributed by atoms with E-state index in [-0.39, 0.29) is 11.8 Å². The van der Waals surface area contributed by atoms with Gasteiger partial charge < -0.3 is 20.6 Å². The second kappa shape index (κ2) is 14.7. The monoisotopic (exact) mass is 521 g/mol. The van der Waals surface area contributed by atoms with Crippen molar-refractivity contribution < 1.29 is 14.7 Å². The molecule has 0 aliphatic carbocycles. The topological polar surface area (TPSA) is 81.7 Å². The fourth-order valence-electron chi connectivity index (χ4n) is 4.36. The number of nitrogens with one attached hydrogen (secondary N) is 2. The van der Waals surface area contributed by atoms with E-state index in [1.807, 2.05) is 65.7 Å². The van der Waals surface area contributed by atoms with Gasteiger partial charge in [0.2, 0.25) is 0 Å². The molecule has 0 saturated heterocycles. The van der Waals surface area contributed by atoms with Crippen LogP contribution in [0.1, 0.15) is 63.4 Å². The predicted octanol–water partition coefficient (Wildman–Crippen LogP) is 4.81. The van der Waals surface area contributed by atoms with Crippen molar-refractivity contribution in [3.05, 3.63) is 93.2 Å². The number of aliphatic hydroxyl groups is 1. The summed E-state index contributed by atoms with van der Waals surface area (Å²) in [5.74, 6) is -0.347. The van der Waals surface area contributed by atoms with E-state index in [0.717, 1.165) is 28.8 Å². The minimum Gasteiger partial charge on any atom is -0.390 e. The first-order valence-electron chi connectivity index (χ1n) is 13.1. The number of amides is 2. The lowest BCUT2D eigenvalue weighted by molar-refractivity contribution is 0.0755. The summed E-state index contributed by atoms with van der Waals surface area (Å²) in [6.07, 6.45) is 1.50. The highest BCUT2D eigenvalue weighted by atomic mass is 32.1. The number of carbonyl (C=O) groups excluding carboxylic acids is 2. The quantitative estimate of drug-likeness (QED) is 0.284. The van der Waals surface area contributed by atoms with Crippen molar-refractivity contribution in [2.24, 2.45) is 0 Å². The van der Waals surface area contributed by atoms with Gasteiger partial charge in [0, 0.05) is 48.6 Å². The molecule has 3 aromatic rings. The van der Waals surface area contributed by atoms with Gasteiger partial charge >= 0.3 is 0 Å². The molecule has 0 fully saturated rings. The van der Waals surface area contributed by atoms with Crippen molar-refractivity contribution in [1.29, 1.82) is 0 Å². The van der Waals surface area contributed by atoms with Crippen LogP contribution in [0.2, 0.25) is 0 Å². The number of thiophene rings is 1. The number of hydrogen-bond acceptors (Lipinski definition) is 5. The molecule has 2 amide bonds. The molecule has 0 unspecified atom stereocenters. The Hall–Kier alpha value is -3.00. The van der Waals surface area contributed by atoms with E-state index in [4.69, 9.17) is 0 Å². The number of nitrogens with zero attached hydrogens (tertiary/aromatic N) is 1. The van der Waals surface area contributed by atoms with E-state index in [2.05, 4.69) is 24.5 Å². The van der Waals surface area contributed by atoms with Crippen molar-refractivity contribution in [3.63, 3.8) is 0 Å². The van der Waals surface area contributed by atoms with Gasteiger partial charge in [-0.1, -0.05) is 50.2 Å². The van der Waals surface area contributed by atoms with Crippen LogP contribution in [-0.2, 0) is 13.0 Å². The molecule has 6 nitrogen and oxygen atoms in total. The summed E-state index contributed by atoms with van der Waals surface area (Å²) in [5, 5.41) is 19.4. The van der Waals surface area contributed by atoms with Gasteiger partial charge in [-0.2, -0.15) is 0 Å². The average Bonchev–Trinajstić information content (AvgIpc) is 3.41. The molecular weight excluding hydrogens is 482 g/mol. The van der Waals surface area contributed by atoms with E-state index in [9.17, 15) is 14.7 Å². The molecule has 0 aliphatic rings. The average molecular weight is 522 g/mol. The maximum absolute atomic E-state index is 13.4. The Morgan fingerprint density at radius 2 is 1.68 bits per heavy atom. The van der Waals surface area contributed by atoms with Crippen LogP contribution in [0, 0.1) is 6.92 Å². The van der Waals surface area contributed by atoms with Crippen molar-refractivity contribution in [3.8, 4) is 0 Å². The third kappa shape index (κ3) is 8.81. The van der Waals surface area contributed by atoms with Gasteiger partial charge in [0.15, 0.2) is 0 Å². The zero-order chi connectivity index (χ0) is 26.6. The Morgan fingerprint density at radius 1 is 0.973 bits per heavy atom. The van der Waals surface area contributed by atoms with Gasteiger partial charge in [-0.05, 0) is 60.5 Å². The minimum atomic E-state index is -0.787. The number of rotatable bonds is 14. The summed E-state index contributed by atoms with van der Waals surface area (Å²) in [6.45, 7) is 8.35. The van der Waals surface area contributed by atoms with Crippen molar-refractivity contribution in [2.75, 3.05) is 19.6 Å². The van der Waals surface area contributed by atoms with Crippen molar-refractivity contribution in [1.82, 2.24) is 15.5 Å². The van der Waals surface area contributed by atoms with Crippen LogP contribution in [0.4, 0.5) is 0 Å². The summed E-state index contributed by atoms with van der Waals surface area (Å²) < 4.78 is 0. The van der Waals surface area contributed by atoms with Gasteiger partial charge in [0.25, 0.3) is 11.8 Å². The third-order valence-electron chi connectivity index (χ3n) is 6.17. The highest BCUT2D eigenvalue weighted by molar-refractivity contribution is 7.09. The molecule has 37 heavy (non-hydrogen) atoms. The Morgan fingerprint density at radius 3 is 2.32 bits per heavy atom. The molecule has 1 aromatic heterocycles. The first-order chi connectivity index (χ1) is 17.9. The van der Waals surface area contributed by atoms with Gasteiger partial charge in [-0.3, -0.25) is 9.59 Å². The molecule has 3 N–H and O–H groups in total. The molecule has 0 bridgehead atoms. The molecule has 0 saturated carbocycles. The van der Waals surface area contributed by atoms with E-state index in [0.29, 0.717) is 43.7 Å². The summed E-state index contributed by atoms with van der Waals surface area (Å²) >= 11 is 1.60. The first kappa shape index (κ1) is 28.6. The summed E-state index contributed by atoms with van der Waals surface area (Å²) in [5.41, 5.74) is 2.93. The highest BCUT2D eigenvalue weighted by Gasteiger charge is 2.24. The summed E-state index contributed by atoms with van der Waals surface area (Å²) in [6, 6.07) is 18.8. The lowest BCUT2D eigenvalue weighted by atomic mass is 10.0. The molecule has 7 heteroatoms. The van der Waals surface area contributed by atoms with Gasteiger partial charge in [0.1, 0.15) is 0 Å². The molecule has 0 aliphatic heterocycles. The normalized spacial score (nSPS) is 12.6. The Kier molecular flexibility index (Phi) is 11.3. The van der Waals surface area contributed by atoms with Crippen LogP contribution in [0.15, 0.2) is 66.0 Å². The molecular formula is C30H39N3O3S. The number of carbonyl (C=O) groups is 2. The molecule has 0 radical (unpaired) electrons. The molecule has 0 spiro atoms. The van der Waals surface area contributed by atoms with Crippen LogP contribution in [0.5, 0.6) is 0 Å². The van der Waals surface area contributed by atoms with E-state index in [1.165, 1.54) is 0 Å². The Bertz CT molecular complexity index is 1110. The lowest BCUT2D eigenvalue weighted by Crippen LogP contribution is -2.48. The Balaban J connectivity index is 1.73. The molecule has 3 rings (SSSR count). The van der Waals surface area contributed by atoms with Crippen LogP contribution >= 0.6 is 11.3 Å². The molecule has 2 atom stereocenters. The van der Waals surface area contributed by atoms with Crippen LogP contribution in [0.3, 0.4) is 0 Å².